The number of carboxylic acids is 1. The van der Waals surface area contributed by atoms with E-state index in [4.69, 9.17) is 5.11 Å². The highest BCUT2D eigenvalue weighted by molar-refractivity contribution is 5.72. The normalized spacial score (nSPS) is 31.2. The van der Waals surface area contributed by atoms with E-state index in [1.807, 2.05) is 5.32 Å². The maximum Gasteiger partial charge on any atom is 0.404 e. The van der Waals surface area contributed by atoms with Gasteiger partial charge in [-0.25, -0.2) is 0 Å². The van der Waals surface area contributed by atoms with Crippen molar-refractivity contribution in [2.24, 2.45) is 5.92 Å². The highest BCUT2D eigenvalue weighted by Gasteiger charge is 2.52. The SMILES string of the molecule is O=C(O)[C@@H]1CN[C@@H]1C(F)(F)F. The van der Waals surface area contributed by atoms with Gasteiger partial charge in [0.05, 0.1) is 5.92 Å². The summed E-state index contributed by atoms with van der Waals surface area (Å²) in [5, 5.41) is 10.2. The van der Waals surface area contributed by atoms with Crippen LogP contribution in [0.3, 0.4) is 0 Å². The summed E-state index contributed by atoms with van der Waals surface area (Å²) in [6, 6.07) is -1.86. The van der Waals surface area contributed by atoms with E-state index in [1.165, 1.54) is 0 Å². The van der Waals surface area contributed by atoms with Gasteiger partial charge in [0.2, 0.25) is 0 Å². The van der Waals surface area contributed by atoms with Crippen molar-refractivity contribution in [3.8, 4) is 0 Å². The van der Waals surface area contributed by atoms with E-state index in [2.05, 4.69) is 0 Å². The fourth-order valence-electron chi connectivity index (χ4n) is 0.927. The van der Waals surface area contributed by atoms with E-state index in [0.29, 0.717) is 0 Å². The Morgan fingerprint density at radius 1 is 1.55 bits per heavy atom. The lowest BCUT2D eigenvalue weighted by molar-refractivity contribution is -0.195. The zero-order valence-corrected chi connectivity index (χ0v) is 5.35. The van der Waals surface area contributed by atoms with Crippen molar-refractivity contribution in [1.29, 1.82) is 0 Å². The van der Waals surface area contributed by atoms with Crippen LogP contribution in [0.4, 0.5) is 13.2 Å². The van der Waals surface area contributed by atoms with Gasteiger partial charge in [-0.3, -0.25) is 4.79 Å². The number of alkyl halides is 3. The van der Waals surface area contributed by atoms with Crippen LogP contribution in [0, 0.1) is 5.92 Å². The van der Waals surface area contributed by atoms with Crippen LogP contribution in [-0.4, -0.2) is 29.8 Å². The molecule has 0 bridgehead atoms. The van der Waals surface area contributed by atoms with Crippen molar-refractivity contribution < 1.29 is 23.1 Å². The number of aliphatic carboxylic acids is 1. The molecule has 0 aromatic carbocycles. The van der Waals surface area contributed by atoms with Crippen molar-refractivity contribution in [1.82, 2.24) is 5.32 Å². The zero-order chi connectivity index (χ0) is 8.65. The summed E-state index contributed by atoms with van der Waals surface area (Å²) in [6.45, 7) is -0.0977. The monoisotopic (exact) mass is 169 g/mol. The van der Waals surface area contributed by atoms with E-state index in [1.54, 1.807) is 0 Å². The second-order valence-electron chi connectivity index (χ2n) is 2.37. The molecule has 64 valence electrons. The van der Waals surface area contributed by atoms with Crippen molar-refractivity contribution >= 4 is 5.97 Å². The van der Waals surface area contributed by atoms with Gasteiger partial charge in [-0.15, -0.1) is 0 Å². The maximum atomic E-state index is 11.8. The summed E-state index contributed by atoms with van der Waals surface area (Å²) >= 11 is 0. The second kappa shape index (κ2) is 2.37. The molecule has 0 amide bonds. The Bertz CT molecular complexity index is 179. The molecule has 0 aromatic heterocycles. The predicted molar refractivity (Wildman–Crippen MR) is 29.0 cm³/mol. The van der Waals surface area contributed by atoms with E-state index < -0.39 is 24.1 Å². The lowest BCUT2D eigenvalue weighted by Gasteiger charge is -2.35. The molecule has 0 aromatic rings. The molecular weight excluding hydrogens is 163 g/mol. The third-order valence-electron chi connectivity index (χ3n) is 1.63. The molecule has 1 aliphatic rings. The van der Waals surface area contributed by atoms with Crippen LogP contribution in [0.1, 0.15) is 0 Å². The number of nitrogens with one attached hydrogen (secondary N) is 1. The van der Waals surface area contributed by atoms with Gasteiger partial charge in [0.15, 0.2) is 0 Å². The maximum absolute atomic E-state index is 11.8. The summed E-state index contributed by atoms with van der Waals surface area (Å²) in [4.78, 5) is 10.1. The van der Waals surface area contributed by atoms with Crippen LogP contribution in [0.25, 0.3) is 0 Å². The minimum atomic E-state index is -4.44. The third-order valence-corrected chi connectivity index (χ3v) is 1.63. The quantitative estimate of drug-likeness (QED) is 0.590. The molecule has 0 radical (unpaired) electrons. The third kappa shape index (κ3) is 1.45. The number of carboxylic acid groups (broad SMARTS) is 1. The Kier molecular flexibility index (Phi) is 1.79. The highest BCUT2D eigenvalue weighted by Crippen LogP contribution is 2.30. The Balaban J connectivity index is 2.57. The summed E-state index contributed by atoms with van der Waals surface area (Å²) in [6.07, 6.45) is -4.44. The number of halogens is 3. The van der Waals surface area contributed by atoms with Gasteiger partial charge in [0, 0.05) is 6.54 Å². The average molecular weight is 169 g/mol. The average Bonchev–Trinajstić information content (AvgIpc) is 1.51. The molecule has 1 rings (SSSR count). The van der Waals surface area contributed by atoms with Gasteiger partial charge in [-0.1, -0.05) is 0 Å². The van der Waals surface area contributed by atoms with Crippen LogP contribution in [0.2, 0.25) is 0 Å². The first-order valence-corrected chi connectivity index (χ1v) is 2.96. The summed E-state index contributed by atoms with van der Waals surface area (Å²) in [5.74, 6) is -2.71. The Morgan fingerprint density at radius 3 is 2.18 bits per heavy atom. The molecule has 11 heavy (non-hydrogen) atoms. The van der Waals surface area contributed by atoms with Gasteiger partial charge in [-0.05, 0) is 0 Å². The molecule has 0 aliphatic carbocycles. The lowest BCUT2D eigenvalue weighted by Crippen LogP contribution is -2.63. The number of rotatable bonds is 1. The molecule has 1 aliphatic heterocycles. The van der Waals surface area contributed by atoms with Crippen LogP contribution < -0.4 is 5.32 Å². The number of hydrogen-bond acceptors (Lipinski definition) is 2. The van der Waals surface area contributed by atoms with Crippen molar-refractivity contribution in [2.75, 3.05) is 6.54 Å². The van der Waals surface area contributed by atoms with E-state index >= 15 is 0 Å². The molecule has 3 nitrogen and oxygen atoms in total. The fraction of sp³-hybridized carbons (Fsp3) is 0.800. The second-order valence-corrected chi connectivity index (χ2v) is 2.37. The summed E-state index contributed by atoms with van der Waals surface area (Å²) < 4.78 is 35.4. The first-order chi connectivity index (χ1) is 4.93. The first-order valence-electron chi connectivity index (χ1n) is 2.96. The van der Waals surface area contributed by atoms with Crippen LogP contribution in [0.15, 0.2) is 0 Å². The molecule has 0 saturated carbocycles. The molecule has 1 fully saturated rings. The molecule has 0 spiro atoms. The summed E-state index contributed by atoms with van der Waals surface area (Å²) in [5.41, 5.74) is 0. The van der Waals surface area contributed by atoms with Gasteiger partial charge in [-0.2, -0.15) is 13.2 Å². The van der Waals surface area contributed by atoms with Gasteiger partial charge in [0.25, 0.3) is 0 Å². The van der Waals surface area contributed by atoms with Gasteiger partial charge >= 0.3 is 12.1 Å². The molecule has 1 saturated heterocycles. The minimum absolute atomic E-state index is 0.0977. The Morgan fingerprint density at radius 2 is 2.09 bits per heavy atom. The summed E-state index contributed by atoms with van der Waals surface area (Å²) in [7, 11) is 0. The topological polar surface area (TPSA) is 49.3 Å². The van der Waals surface area contributed by atoms with Crippen molar-refractivity contribution in [2.45, 2.75) is 12.2 Å². The minimum Gasteiger partial charge on any atom is -0.481 e. The Hall–Kier alpha value is -0.780. The highest BCUT2D eigenvalue weighted by atomic mass is 19.4. The first kappa shape index (κ1) is 8.32. The number of carbonyl (C=O) groups is 1. The van der Waals surface area contributed by atoms with Gasteiger partial charge < -0.3 is 10.4 Å². The van der Waals surface area contributed by atoms with Gasteiger partial charge in [0.1, 0.15) is 6.04 Å². The van der Waals surface area contributed by atoms with Crippen LogP contribution in [0.5, 0.6) is 0 Å². The zero-order valence-electron chi connectivity index (χ0n) is 5.35. The predicted octanol–water partition coefficient (Wildman–Crippen LogP) is 0.221. The Labute approximate surface area is 60.2 Å². The fourth-order valence-corrected chi connectivity index (χ4v) is 0.927. The van der Waals surface area contributed by atoms with Crippen molar-refractivity contribution in [3.63, 3.8) is 0 Å². The molecular formula is C5H6F3NO2. The van der Waals surface area contributed by atoms with E-state index in [9.17, 15) is 18.0 Å². The van der Waals surface area contributed by atoms with Crippen molar-refractivity contribution in [3.05, 3.63) is 0 Å². The van der Waals surface area contributed by atoms with Crippen LogP contribution in [-0.2, 0) is 4.79 Å². The smallest absolute Gasteiger partial charge is 0.404 e. The molecule has 2 atom stereocenters. The van der Waals surface area contributed by atoms with Crippen LogP contribution >= 0.6 is 0 Å². The molecule has 6 heteroatoms. The number of hydrogen-bond donors (Lipinski definition) is 2. The van der Waals surface area contributed by atoms with E-state index in [0.717, 1.165) is 0 Å². The molecule has 1 heterocycles. The standard InChI is InChI=1S/C5H6F3NO2/c6-5(7,8)3-2(1-9-3)4(10)11/h2-3,9H,1H2,(H,10,11)/t2-,3+/m1/s1. The largest absolute Gasteiger partial charge is 0.481 e. The molecule has 0 unspecified atom stereocenters. The van der Waals surface area contributed by atoms with E-state index in [-0.39, 0.29) is 6.54 Å². The molecule has 2 N–H and O–H groups in total. The lowest BCUT2D eigenvalue weighted by atomic mass is 9.91.